The predicted octanol–water partition coefficient (Wildman–Crippen LogP) is 2.62. The average Bonchev–Trinajstić information content (AvgIpc) is 2.56. The van der Waals surface area contributed by atoms with Crippen LogP contribution in [0.5, 0.6) is 0 Å². The third-order valence-electron chi connectivity index (χ3n) is 3.86. The molecule has 114 valence electrons. The molecule has 5 nitrogen and oxygen atoms in total. The fourth-order valence-electron chi connectivity index (χ4n) is 2.72. The number of hydrogen-bond donors (Lipinski definition) is 2. The van der Waals surface area contributed by atoms with Gasteiger partial charge in [0.2, 0.25) is 5.56 Å². The van der Waals surface area contributed by atoms with Crippen LogP contribution < -0.4 is 15.8 Å². The van der Waals surface area contributed by atoms with Gasteiger partial charge in [-0.1, -0.05) is 6.07 Å². The molecule has 0 aliphatic carbocycles. The minimum atomic E-state index is -0.283. The summed E-state index contributed by atoms with van der Waals surface area (Å²) >= 11 is 0. The van der Waals surface area contributed by atoms with Crippen LogP contribution in [0.15, 0.2) is 47.4 Å². The second kappa shape index (κ2) is 6.47. The van der Waals surface area contributed by atoms with Crippen LogP contribution in [0, 0.1) is 0 Å². The van der Waals surface area contributed by atoms with Gasteiger partial charge in [0.1, 0.15) is 0 Å². The fraction of sp³-hybridized carbons (Fsp3) is 0.294. The topological polar surface area (TPSA) is 65.2 Å². The third-order valence-corrected chi connectivity index (χ3v) is 3.86. The Morgan fingerprint density at radius 1 is 1.09 bits per heavy atom. The van der Waals surface area contributed by atoms with Crippen molar-refractivity contribution >= 4 is 17.3 Å². The van der Waals surface area contributed by atoms with E-state index in [0.717, 1.165) is 24.5 Å². The van der Waals surface area contributed by atoms with Gasteiger partial charge in [-0.25, -0.2) is 0 Å². The Morgan fingerprint density at radius 2 is 1.91 bits per heavy atom. The summed E-state index contributed by atoms with van der Waals surface area (Å²) in [6, 6.07) is 10.7. The number of H-pyrrole nitrogens is 1. The molecule has 2 aromatic rings. The first-order chi connectivity index (χ1) is 10.7. The van der Waals surface area contributed by atoms with Crippen LogP contribution in [-0.2, 0) is 0 Å². The predicted molar refractivity (Wildman–Crippen MR) is 87.5 cm³/mol. The van der Waals surface area contributed by atoms with Crippen molar-refractivity contribution in [3.63, 3.8) is 0 Å². The zero-order valence-corrected chi connectivity index (χ0v) is 12.3. The van der Waals surface area contributed by atoms with Gasteiger partial charge < -0.3 is 15.2 Å². The van der Waals surface area contributed by atoms with E-state index in [1.54, 1.807) is 6.07 Å². The highest BCUT2D eigenvalue weighted by molar-refractivity contribution is 6.04. The number of aromatic nitrogens is 1. The number of carbonyl (C=O) groups excluding carboxylic acids is 1. The number of aromatic amines is 1. The maximum absolute atomic E-state index is 12.2. The average molecular weight is 297 g/mol. The van der Waals surface area contributed by atoms with E-state index in [1.165, 1.54) is 31.5 Å². The van der Waals surface area contributed by atoms with Gasteiger partial charge in [-0.15, -0.1) is 0 Å². The second-order valence-corrected chi connectivity index (χ2v) is 5.49. The van der Waals surface area contributed by atoms with Gasteiger partial charge in [0.05, 0.1) is 0 Å². The number of amides is 1. The molecule has 1 amide bonds. The molecule has 0 atom stereocenters. The molecule has 1 fully saturated rings. The second-order valence-electron chi connectivity index (χ2n) is 5.49. The van der Waals surface area contributed by atoms with Gasteiger partial charge in [0, 0.05) is 42.3 Å². The number of carbonyl (C=O) groups is 1. The Balaban J connectivity index is 1.75. The first-order valence-corrected chi connectivity index (χ1v) is 7.57. The quantitative estimate of drug-likeness (QED) is 0.915. The molecule has 5 heteroatoms. The number of pyridine rings is 1. The summed E-state index contributed by atoms with van der Waals surface area (Å²) in [6.07, 6.45) is 5.18. The van der Waals surface area contributed by atoms with Crippen molar-refractivity contribution in [1.29, 1.82) is 0 Å². The van der Waals surface area contributed by atoms with E-state index in [2.05, 4.69) is 21.3 Å². The Bertz CT molecular complexity index is 718. The standard InChI is InChI=1S/C17H19N3O2/c21-16-11-13(7-8-18-16)17(22)19-14-5-4-6-15(12-14)20-9-2-1-3-10-20/h4-8,11-12H,1-3,9-10H2,(H,18,21)(H,19,22). The van der Waals surface area contributed by atoms with Crippen molar-refractivity contribution in [3.05, 3.63) is 58.5 Å². The highest BCUT2D eigenvalue weighted by Gasteiger charge is 2.12. The van der Waals surface area contributed by atoms with Gasteiger partial charge in [0.25, 0.3) is 5.91 Å². The maximum atomic E-state index is 12.2. The van der Waals surface area contributed by atoms with Crippen molar-refractivity contribution in [1.82, 2.24) is 4.98 Å². The molecule has 0 saturated carbocycles. The lowest BCUT2D eigenvalue weighted by Gasteiger charge is -2.29. The summed E-state index contributed by atoms with van der Waals surface area (Å²) in [4.78, 5) is 28.3. The first kappa shape index (κ1) is 14.4. The van der Waals surface area contributed by atoms with Crippen LogP contribution in [-0.4, -0.2) is 24.0 Å². The molecule has 22 heavy (non-hydrogen) atoms. The van der Waals surface area contributed by atoms with Gasteiger partial charge in [-0.2, -0.15) is 0 Å². The number of nitrogens with zero attached hydrogens (tertiary/aromatic N) is 1. The van der Waals surface area contributed by atoms with E-state index in [0.29, 0.717) is 5.56 Å². The van der Waals surface area contributed by atoms with Crippen LogP contribution in [0.4, 0.5) is 11.4 Å². The summed E-state index contributed by atoms with van der Waals surface area (Å²) in [5, 5.41) is 2.85. The molecule has 1 aromatic carbocycles. The van der Waals surface area contributed by atoms with Crippen LogP contribution >= 0.6 is 0 Å². The number of benzene rings is 1. The number of rotatable bonds is 3. The fourth-order valence-corrected chi connectivity index (χ4v) is 2.72. The summed E-state index contributed by atoms with van der Waals surface area (Å²) in [6.45, 7) is 2.12. The van der Waals surface area contributed by atoms with Gasteiger partial charge in [-0.05, 0) is 43.5 Å². The Morgan fingerprint density at radius 3 is 2.68 bits per heavy atom. The molecule has 0 bridgehead atoms. The zero-order chi connectivity index (χ0) is 15.4. The molecule has 0 unspecified atom stereocenters. The molecule has 2 heterocycles. The molecule has 0 spiro atoms. The van der Waals surface area contributed by atoms with Crippen molar-refractivity contribution in [2.24, 2.45) is 0 Å². The highest BCUT2D eigenvalue weighted by Crippen LogP contribution is 2.23. The minimum absolute atomic E-state index is 0.276. The Labute approximate surface area is 129 Å². The lowest BCUT2D eigenvalue weighted by Crippen LogP contribution is -2.29. The van der Waals surface area contributed by atoms with E-state index in [4.69, 9.17) is 0 Å². The van der Waals surface area contributed by atoms with Crippen LogP contribution in [0.3, 0.4) is 0 Å². The lowest BCUT2D eigenvalue weighted by molar-refractivity contribution is 0.102. The summed E-state index contributed by atoms with van der Waals surface area (Å²) < 4.78 is 0. The SMILES string of the molecule is O=C(Nc1cccc(N2CCCCC2)c1)c1cc[nH]c(=O)c1. The molecule has 1 aromatic heterocycles. The van der Waals surface area contributed by atoms with Crippen molar-refractivity contribution in [2.45, 2.75) is 19.3 Å². The van der Waals surface area contributed by atoms with Crippen molar-refractivity contribution in [2.75, 3.05) is 23.3 Å². The Hall–Kier alpha value is -2.56. The van der Waals surface area contributed by atoms with Crippen molar-refractivity contribution in [3.8, 4) is 0 Å². The van der Waals surface area contributed by atoms with Crippen LogP contribution in [0.1, 0.15) is 29.6 Å². The number of hydrogen-bond acceptors (Lipinski definition) is 3. The van der Waals surface area contributed by atoms with Crippen LogP contribution in [0.25, 0.3) is 0 Å². The van der Waals surface area contributed by atoms with E-state index in [-0.39, 0.29) is 11.5 Å². The minimum Gasteiger partial charge on any atom is -0.371 e. The molecule has 2 N–H and O–H groups in total. The van der Waals surface area contributed by atoms with Gasteiger partial charge in [-0.3, -0.25) is 9.59 Å². The zero-order valence-electron chi connectivity index (χ0n) is 12.3. The Kier molecular flexibility index (Phi) is 4.23. The molecular formula is C17H19N3O2. The summed E-state index contributed by atoms with van der Waals surface area (Å²) in [5.74, 6) is -0.276. The molecule has 1 saturated heterocycles. The summed E-state index contributed by atoms with van der Waals surface area (Å²) in [5.41, 5.74) is 1.94. The summed E-state index contributed by atoms with van der Waals surface area (Å²) in [7, 11) is 0. The van der Waals surface area contributed by atoms with Gasteiger partial charge in [0.15, 0.2) is 0 Å². The van der Waals surface area contributed by atoms with E-state index in [9.17, 15) is 9.59 Å². The number of nitrogens with one attached hydrogen (secondary N) is 2. The first-order valence-electron chi connectivity index (χ1n) is 7.57. The smallest absolute Gasteiger partial charge is 0.255 e. The third kappa shape index (κ3) is 3.36. The highest BCUT2D eigenvalue weighted by atomic mass is 16.2. The maximum Gasteiger partial charge on any atom is 0.255 e. The van der Waals surface area contributed by atoms with Gasteiger partial charge >= 0.3 is 0 Å². The lowest BCUT2D eigenvalue weighted by atomic mass is 10.1. The number of anilines is 2. The monoisotopic (exact) mass is 297 g/mol. The molecule has 1 aliphatic heterocycles. The number of piperidine rings is 1. The van der Waals surface area contributed by atoms with E-state index < -0.39 is 0 Å². The van der Waals surface area contributed by atoms with E-state index >= 15 is 0 Å². The molecule has 3 rings (SSSR count). The van der Waals surface area contributed by atoms with Crippen molar-refractivity contribution < 1.29 is 4.79 Å². The molecule has 1 aliphatic rings. The van der Waals surface area contributed by atoms with E-state index in [1.807, 2.05) is 18.2 Å². The van der Waals surface area contributed by atoms with Crippen LogP contribution in [0.2, 0.25) is 0 Å². The normalized spacial score (nSPS) is 14.6. The largest absolute Gasteiger partial charge is 0.371 e. The molecular weight excluding hydrogens is 278 g/mol. The molecule has 0 radical (unpaired) electrons.